The maximum Gasteiger partial charge on any atom is 0.451 e. The van der Waals surface area contributed by atoms with Gasteiger partial charge in [-0.25, -0.2) is 13.2 Å². The van der Waals surface area contributed by atoms with Crippen molar-refractivity contribution in [3.05, 3.63) is 69.7 Å². The summed E-state index contributed by atoms with van der Waals surface area (Å²) in [6.45, 7) is 5.96. The van der Waals surface area contributed by atoms with E-state index in [1.807, 2.05) is 0 Å². The molecule has 0 bridgehead atoms. The van der Waals surface area contributed by atoms with Crippen molar-refractivity contribution in [2.24, 2.45) is 5.16 Å². The van der Waals surface area contributed by atoms with E-state index in [1.54, 1.807) is 29.2 Å². The molecular formula is C27H30F3N3O8S2. The number of hydrogen-bond acceptors (Lipinski definition) is 9. The normalized spacial score (nSPS) is 22.7. The number of thioether (sulfide) groups is 1. The van der Waals surface area contributed by atoms with Gasteiger partial charge >= 0.3 is 18.2 Å². The number of rotatable bonds is 11. The number of benzene rings is 1. The lowest BCUT2D eigenvalue weighted by atomic mass is 9.98. The van der Waals surface area contributed by atoms with Crippen molar-refractivity contribution in [1.29, 1.82) is 0 Å². The summed E-state index contributed by atoms with van der Waals surface area (Å²) in [5, 5.41) is 13.5. The van der Waals surface area contributed by atoms with Gasteiger partial charge in [-0.3, -0.25) is 4.79 Å². The number of allylic oxidation sites excluding steroid dienone is 3. The summed E-state index contributed by atoms with van der Waals surface area (Å²) >= 11 is 0.860. The summed E-state index contributed by atoms with van der Waals surface area (Å²) in [4.78, 5) is 30.5. The molecule has 1 aliphatic carbocycles. The highest BCUT2D eigenvalue weighted by Gasteiger charge is 2.64. The van der Waals surface area contributed by atoms with Crippen LogP contribution in [0.1, 0.15) is 30.4 Å². The Balaban J connectivity index is 1.43. The maximum atomic E-state index is 13.3. The van der Waals surface area contributed by atoms with Crippen LogP contribution in [-0.2, 0) is 35.5 Å². The van der Waals surface area contributed by atoms with Crippen molar-refractivity contribution >= 4 is 39.6 Å². The number of carboxylic acids is 1. The number of aliphatic carboxylic acids is 1. The quantitative estimate of drug-likeness (QED) is 0.208. The fourth-order valence-corrected chi connectivity index (χ4v) is 7.38. The molecular weight excluding hydrogens is 615 g/mol. The van der Waals surface area contributed by atoms with Crippen molar-refractivity contribution in [3.8, 4) is 0 Å². The van der Waals surface area contributed by atoms with Gasteiger partial charge in [0, 0.05) is 31.2 Å². The summed E-state index contributed by atoms with van der Waals surface area (Å²) in [6.07, 6.45) is -2.32. The standard InChI is InChI=1S/C27H30F3N3O8S2/c1-17(31-41-18(2)27(28,29)30)20-7-8-23(42-16-20)43(37,38)32-26(24(34)35)15-22(26)21-6-4-3-5-19(21)9-12-40-25(36)33-10-13-39-14-11-33/h3-8,22,32H,2,9-16H2,1H3,(H,34,35)/b31-17+. The molecule has 2 aliphatic heterocycles. The molecule has 2 N–H and O–H groups in total. The molecule has 16 heteroatoms. The summed E-state index contributed by atoms with van der Waals surface area (Å²) in [6, 6.07) is 6.99. The van der Waals surface area contributed by atoms with Crippen LogP contribution in [0.15, 0.2) is 63.7 Å². The smallest absolute Gasteiger partial charge is 0.451 e. The van der Waals surface area contributed by atoms with Crippen LogP contribution in [0.25, 0.3) is 0 Å². The number of hydrogen-bond donors (Lipinski definition) is 2. The number of amides is 1. The number of nitrogens with one attached hydrogen (secondary N) is 1. The highest BCUT2D eigenvalue weighted by molar-refractivity contribution is 8.18. The van der Waals surface area contributed by atoms with Gasteiger partial charge in [0.05, 0.1) is 25.5 Å². The molecule has 3 aliphatic rings. The third-order valence-electron chi connectivity index (χ3n) is 7.08. The van der Waals surface area contributed by atoms with Gasteiger partial charge < -0.3 is 24.3 Å². The molecule has 1 saturated carbocycles. The molecule has 1 amide bonds. The van der Waals surface area contributed by atoms with E-state index >= 15 is 0 Å². The van der Waals surface area contributed by atoms with E-state index in [4.69, 9.17) is 9.47 Å². The zero-order valence-electron chi connectivity index (χ0n) is 23.1. The maximum absolute atomic E-state index is 13.3. The first kappa shape index (κ1) is 32.6. The van der Waals surface area contributed by atoms with Crippen LogP contribution in [-0.4, -0.2) is 86.6 Å². The van der Waals surface area contributed by atoms with E-state index in [0.29, 0.717) is 43.9 Å². The predicted octanol–water partition coefficient (Wildman–Crippen LogP) is 3.91. The number of carbonyl (C=O) groups excluding carboxylic acids is 1. The van der Waals surface area contributed by atoms with E-state index in [1.165, 1.54) is 19.1 Å². The van der Waals surface area contributed by atoms with Crippen molar-refractivity contribution in [2.45, 2.75) is 37.4 Å². The van der Waals surface area contributed by atoms with E-state index < -0.39 is 45.5 Å². The van der Waals surface area contributed by atoms with E-state index in [9.17, 15) is 36.3 Å². The van der Waals surface area contributed by atoms with E-state index in [0.717, 1.165) is 17.3 Å². The molecule has 1 aromatic rings. The Bertz CT molecular complexity index is 1470. The van der Waals surface area contributed by atoms with Crippen molar-refractivity contribution in [2.75, 3.05) is 38.7 Å². The molecule has 11 nitrogen and oxygen atoms in total. The monoisotopic (exact) mass is 645 g/mol. The number of ether oxygens (including phenoxy) is 2. The van der Waals surface area contributed by atoms with Gasteiger partial charge in [-0.1, -0.05) is 35.5 Å². The van der Waals surface area contributed by atoms with Crippen LogP contribution in [0, 0.1) is 0 Å². The Morgan fingerprint density at radius 2 is 1.95 bits per heavy atom. The molecule has 234 valence electrons. The number of nitrogens with zero attached hydrogens (tertiary/aromatic N) is 2. The zero-order valence-corrected chi connectivity index (χ0v) is 24.7. The number of sulfonamides is 1. The van der Waals surface area contributed by atoms with Gasteiger partial charge in [0.2, 0.25) is 15.8 Å². The van der Waals surface area contributed by atoms with Gasteiger partial charge in [0.25, 0.3) is 0 Å². The molecule has 1 saturated heterocycles. The first-order valence-corrected chi connectivity index (χ1v) is 15.6. The minimum atomic E-state index is -4.77. The Labute approximate surface area is 250 Å². The van der Waals surface area contributed by atoms with Crippen molar-refractivity contribution in [3.63, 3.8) is 0 Å². The highest BCUT2D eigenvalue weighted by atomic mass is 32.3. The van der Waals surface area contributed by atoms with E-state index in [2.05, 4.69) is 21.3 Å². The number of alkyl halides is 3. The van der Waals surface area contributed by atoms with Crippen molar-refractivity contribution < 1.29 is 50.6 Å². The summed E-state index contributed by atoms with van der Waals surface area (Å²) in [5.74, 6) is -3.45. The van der Waals surface area contributed by atoms with Crippen LogP contribution in [0.5, 0.6) is 0 Å². The first-order valence-electron chi connectivity index (χ1n) is 13.1. The van der Waals surface area contributed by atoms with Crippen LogP contribution < -0.4 is 4.72 Å². The predicted molar refractivity (Wildman–Crippen MR) is 152 cm³/mol. The minimum absolute atomic E-state index is 0.0113. The van der Waals surface area contributed by atoms with Crippen LogP contribution in [0.3, 0.4) is 0 Å². The number of carboxylic acid groups (broad SMARTS) is 1. The third kappa shape index (κ3) is 7.79. The van der Waals surface area contributed by atoms with Crippen molar-refractivity contribution in [1.82, 2.24) is 9.62 Å². The fourth-order valence-electron chi connectivity index (χ4n) is 4.55. The molecule has 2 fully saturated rings. The second kappa shape index (κ2) is 13.1. The second-order valence-electron chi connectivity index (χ2n) is 9.96. The Hall–Kier alpha value is -3.34. The van der Waals surface area contributed by atoms with Crippen LogP contribution >= 0.6 is 11.8 Å². The molecule has 4 rings (SSSR count). The molecule has 2 unspecified atom stereocenters. The lowest BCUT2D eigenvalue weighted by Gasteiger charge is -2.26. The Morgan fingerprint density at radius 3 is 2.58 bits per heavy atom. The zero-order chi connectivity index (χ0) is 31.4. The topological polar surface area (TPSA) is 144 Å². The number of halogens is 3. The van der Waals surface area contributed by atoms with Gasteiger partial charge in [-0.05, 0) is 42.7 Å². The average molecular weight is 646 g/mol. The second-order valence-corrected chi connectivity index (χ2v) is 12.9. The SMILES string of the molecule is C=C(O/N=C(\C)C1=CC=C(S(=O)(=O)NC2(C(=O)O)CC2c2ccccc2CCOC(=O)N2CCOCC2)SC1)C(F)(F)F. The summed E-state index contributed by atoms with van der Waals surface area (Å²) < 4.78 is 77.0. The summed E-state index contributed by atoms with van der Waals surface area (Å²) in [7, 11) is -4.28. The molecule has 1 aromatic carbocycles. The van der Waals surface area contributed by atoms with Gasteiger partial charge in [0.15, 0.2) is 0 Å². The lowest BCUT2D eigenvalue weighted by molar-refractivity contribution is -0.140. The Kier molecular flexibility index (Phi) is 9.93. The molecule has 2 heterocycles. The first-order chi connectivity index (χ1) is 20.2. The van der Waals surface area contributed by atoms with Gasteiger partial charge in [-0.2, -0.15) is 17.9 Å². The average Bonchev–Trinajstić information content (AvgIpc) is 3.70. The number of oxime groups is 1. The van der Waals surface area contributed by atoms with Crippen LogP contribution in [0.2, 0.25) is 0 Å². The molecule has 0 aromatic heterocycles. The number of carbonyl (C=O) groups is 2. The Morgan fingerprint density at radius 1 is 1.26 bits per heavy atom. The third-order valence-corrected chi connectivity index (χ3v) is 10.3. The minimum Gasteiger partial charge on any atom is -0.480 e. The van der Waals surface area contributed by atoms with E-state index in [-0.39, 0.29) is 28.7 Å². The molecule has 0 spiro atoms. The lowest BCUT2D eigenvalue weighted by Crippen LogP contribution is -2.44. The highest BCUT2D eigenvalue weighted by Crippen LogP contribution is 2.53. The molecule has 2 atom stereocenters. The van der Waals surface area contributed by atoms with Gasteiger partial charge in [0.1, 0.15) is 9.78 Å². The number of morpholine rings is 1. The molecule has 43 heavy (non-hydrogen) atoms. The summed E-state index contributed by atoms with van der Waals surface area (Å²) in [5.41, 5.74) is 0.0893. The van der Waals surface area contributed by atoms with Gasteiger partial charge in [-0.15, -0.1) is 11.8 Å². The fraction of sp³-hybridized carbons (Fsp3) is 0.444. The van der Waals surface area contributed by atoms with Crippen LogP contribution in [0.4, 0.5) is 18.0 Å². The molecule has 0 radical (unpaired) electrons. The largest absolute Gasteiger partial charge is 0.480 e.